The third kappa shape index (κ3) is 1.74. The zero-order valence-corrected chi connectivity index (χ0v) is 7.29. The van der Waals surface area contributed by atoms with Crippen LogP contribution >= 0.6 is 0 Å². The van der Waals surface area contributed by atoms with Gasteiger partial charge >= 0.3 is 0 Å². The number of aromatic nitrogens is 1. The SMILES string of the molecule is Cc1cc(C=O)c(C(F)F)c(C#N)n1. The van der Waals surface area contributed by atoms with E-state index >= 15 is 0 Å². The van der Waals surface area contributed by atoms with Crippen molar-refractivity contribution in [3.63, 3.8) is 0 Å². The minimum absolute atomic E-state index is 0.177. The van der Waals surface area contributed by atoms with E-state index in [1.54, 1.807) is 6.07 Å². The van der Waals surface area contributed by atoms with Gasteiger partial charge in [-0.05, 0) is 13.0 Å². The van der Waals surface area contributed by atoms with Gasteiger partial charge in [-0.15, -0.1) is 0 Å². The summed E-state index contributed by atoms with van der Waals surface area (Å²) in [6, 6.07) is 2.77. The highest BCUT2D eigenvalue weighted by Gasteiger charge is 2.19. The highest BCUT2D eigenvalue weighted by atomic mass is 19.3. The summed E-state index contributed by atoms with van der Waals surface area (Å²) >= 11 is 0. The van der Waals surface area contributed by atoms with Crippen molar-refractivity contribution in [2.24, 2.45) is 0 Å². The van der Waals surface area contributed by atoms with E-state index in [1.807, 2.05) is 0 Å². The van der Waals surface area contributed by atoms with E-state index in [0.29, 0.717) is 12.0 Å². The van der Waals surface area contributed by atoms with E-state index in [1.165, 1.54) is 13.0 Å². The van der Waals surface area contributed by atoms with Crippen LogP contribution in [0.2, 0.25) is 0 Å². The first-order valence-corrected chi connectivity index (χ1v) is 3.75. The quantitative estimate of drug-likeness (QED) is 0.680. The summed E-state index contributed by atoms with van der Waals surface area (Å²) in [6.07, 6.45) is -2.56. The number of rotatable bonds is 2. The maximum atomic E-state index is 12.4. The van der Waals surface area contributed by atoms with Crippen molar-refractivity contribution in [1.82, 2.24) is 4.98 Å². The van der Waals surface area contributed by atoms with Gasteiger partial charge in [0.15, 0.2) is 6.29 Å². The molecule has 3 nitrogen and oxygen atoms in total. The minimum atomic E-state index is -2.86. The van der Waals surface area contributed by atoms with Crippen LogP contribution in [-0.4, -0.2) is 11.3 Å². The fourth-order valence-corrected chi connectivity index (χ4v) is 1.12. The van der Waals surface area contributed by atoms with Crippen LogP contribution in [0.15, 0.2) is 6.07 Å². The summed E-state index contributed by atoms with van der Waals surface area (Å²) in [5, 5.41) is 8.55. The second-order valence-electron chi connectivity index (χ2n) is 2.65. The molecule has 0 fully saturated rings. The summed E-state index contributed by atoms with van der Waals surface area (Å²) < 4.78 is 24.9. The maximum Gasteiger partial charge on any atom is 0.267 e. The molecule has 0 saturated carbocycles. The van der Waals surface area contributed by atoms with Crippen molar-refractivity contribution in [2.75, 3.05) is 0 Å². The molecule has 0 bridgehead atoms. The molecule has 0 spiro atoms. The lowest BCUT2D eigenvalue weighted by molar-refractivity contribution is 0.110. The second-order valence-corrected chi connectivity index (χ2v) is 2.65. The monoisotopic (exact) mass is 196 g/mol. The summed E-state index contributed by atoms with van der Waals surface area (Å²) in [5.41, 5.74) is -0.785. The standard InChI is InChI=1S/C9H6F2N2O/c1-5-2-6(4-14)8(9(10)11)7(3-12)13-5/h2,4,9H,1H3. The molecule has 72 valence electrons. The predicted octanol–water partition coefficient (Wildman–Crippen LogP) is 2.01. The molecule has 0 atom stereocenters. The van der Waals surface area contributed by atoms with E-state index in [0.717, 1.165) is 0 Å². The largest absolute Gasteiger partial charge is 0.298 e. The smallest absolute Gasteiger partial charge is 0.267 e. The summed E-state index contributed by atoms with van der Waals surface area (Å²) in [7, 11) is 0. The number of aldehydes is 1. The van der Waals surface area contributed by atoms with E-state index in [-0.39, 0.29) is 11.3 Å². The lowest BCUT2D eigenvalue weighted by Gasteiger charge is -2.05. The zero-order chi connectivity index (χ0) is 10.7. The van der Waals surface area contributed by atoms with Crippen LogP contribution in [0.4, 0.5) is 8.78 Å². The summed E-state index contributed by atoms with van der Waals surface area (Å²) in [5.74, 6) is 0. The first-order chi connectivity index (χ1) is 6.60. The first-order valence-electron chi connectivity index (χ1n) is 3.75. The Labute approximate surface area is 79.0 Å². The van der Waals surface area contributed by atoms with Crippen molar-refractivity contribution in [1.29, 1.82) is 5.26 Å². The van der Waals surface area contributed by atoms with Gasteiger partial charge in [-0.2, -0.15) is 5.26 Å². The molecule has 0 aliphatic carbocycles. The number of halogens is 2. The van der Waals surface area contributed by atoms with Crippen molar-refractivity contribution < 1.29 is 13.6 Å². The Morgan fingerprint density at radius 3 is 2.71 bits per heavy atom. The fourth-order valence-electron chi connectivity index (χ4n) is 1.12. The Bertz CT molecular complexity index is 410. The number of nitriles is 1. The highest BCUT2D eigenvalue weighted by Crippen LogP contribution is 2.24. The Morgan fingerprint density at radius 1 is 1.64 bits per heavy atom. The molecule has 0 aliphatic rings. The minimum Gasteiger partial charge on any atom is -0.298 e. The van der Waals surface area contributed by atoms with Gasteiger partial charge in [0.05, 0.1) is 5.56 Å². The molecule has 1 rings (SSSR count). The van der Waals surface area contributed by atoms with Crippen molar-refractivity contribution in [3.05, 3.63) is 28.6 Å². The maximum absolute atomic E-state index is 12.4. The molecule has 0 N–H and O–H groups in total. The molecule has 5 heteroatoms. The van der Waals surface area contributed by atoms with Crippen LogP contribution in [0, 0.1) is 18.3 Å². The van der Waals surface area contributed by atoms with Gasteiger partial charge in [0.2, 0.25) is 0 Å². The number of carbonyl (C=O) groups excluding carboxylic acids is 1. The predicted molar refractivity (Wildman–Crippen MR) is 44.0 cm³/mol. The second kappa shape index (κ2) is 3.92. The van der Waals surface area contributed by atoms with Gasteiger partial charge in [0, 0.05) is 11.3 Å². The number of nitrogens with zero attached hydrogens (tertiary/aromatic N) is 2. The molecular weight excluding hydrogens is 190 g/mol. The first kappa shape index (κ1) is 10.3. The Kier molecular flexibility index (Phi) is 2.87. The number of pyridine rings is 1. The molecule has 1 heterocycles. The Morgan fingerprint density at radius 2 is 2.29 bits per heavy atom. The van der Waals surface area contributed by atoms with Gasteiger partial charge < -0.3 is 0 Å². The Hall–Kier alpha value is -1.83. The van der Waals surface area contributed by atoms with Crippen LogP contribution in [0.1, 0.15) is 33.7 Å². The number of hydrogen-bond acceptors (Lipinski definition) is 3. The van der Waals surface area contributed by atoms with Crippen molar-refractivity contribution in [3.8, 4) is 6.07 Å². The van der Waals surface area contributed by atoms with E-state index in [2.05, 4.69) is 4.98 Å². The molecule has 0 saturated heterocycles. The highest BCUT2D eigenvalue weighted by molar-refractivity contribution is 5.78. The Balaban J connectivity index is 3.50. The molecule has 1 aromatic rings. The van der Waals surface area contributed by atoms with Crippen LogP contribution in [-0.2, 0) is 0 Å². The summed E-state index contributed by atoms with van der Waals surface area (Å²) in [6.45, 7) is 1.53. The normalized spacial score (nSPS) is 9.93. The molecule has 0 amide bonds. The average Bonchev–Trinajstić information content (AvgIpc) is 2.15. The molecule has 0 radical (unpaired) electrons. The van der Waals surface area contributed by atoms with E-state index < -0.39 is 12.0 Å². The third-order valence-corrected chi connectivity index (χ3v) is 1.67. The number of alkyl halides is 2. The lowest BCUT2D eigenvalue weighted by Crippen LogP contribution is -2.02. The van der Waals surface area contributed by atoms with Gasteiger partial charge in [0.1, 0.15) is 11.8 Å². The topological polar surface area (TPSA) is 53.8 Å². The number of aryl methyl sites for hydroxylation is 1. The average molecular weight is 196 g/mol. The fraction of sp³-hybridized carbons (Fsp3) is 0.222. The van der Waals surface area contributed by atoms with Crippen LogP contribution in [0.3, 0.4) is 0 Å². The summed E-state index contributed by atoms with van der Waals surface area (Å²) in [4.78, 5) is 14.1. The van der Waals surface area contributed by atoms with E-state index in [9.17, 15) is 13.6 Å². The van der Waals surface area contributed by atoms with Gasteiger partial charge in [-0.3, -0.25) is 4.79 Å². The van der Waals surface area contributed by atoms with Gasteiger partial charge in [-0.25, -0.2) is 13.8 Å². The number of hydrogen-bond donors (Lipinski definition) is 0. The molecule has 0 aromatic carbocycles. The molecule has 1 aromatic heterocycles. The zero-order valence-electron chi connectivity index (χ0n) is 7.29. The molecule has 14 heavy (non-hydrogen) atoms. The lowest BCUT2D eigenvalue weighted by atomic mass is 10.1. The van der Waals surface area contributed by atoms with Crippen LogP contribution in [0.25, 0.3) is 0 Å². The van der Waals surface area contributed by atoms with Crippen LogP contribution in [0.5, 0.6) is 0 Å². The molecule has 0 aliphatic heterocycles. The third-order valence-electron chi connectivity index (χ3n) is 1.67. The molecular formula is C9H6F2N2O. The van der Waals surface area contributed by atoms with Crippen molar-refractivity contribution >= 4 is 6.29 Å². The van der Waals surface area contributed by atoms with E-state index in [4.69, 9.17) is 5.26 Å². The van der Waals surface area contributed by atoms with Crippen LogP contribution < -0.4 is 0 Å². The number of carbonyl (C=O) groups is 1. The van der Waals surface area contributed by atoms with Crippen molar-refractivity contribution in [2.45, 2.75) is 13.3 Å². The van der Waals surface area contributed by atoms with Gasteiger partial charge in [-0.1, -0.05) is 0 Å². The van der Waals surface area contributed by atoms with Gasteiger partial charge in [0.25, 0.3) is 6.43 Å². The molecule has 0 unspecified atom stereocenters.